The average Bonchev–Trinajstić information content (AvgIpc) is 3.29. The number of benzene rings is 1. The van der Waals surface area contributed by atoms with Crippen molar-refractivity contribution in [2.24, 2.45) is 0 Å². The van der Waals surface area contributed by atoms with Crippen molar-refractivity contribution in [3.63, 3.8) is 0 Å². The van der Waals surface area contributed by atoms with Gasteiger partial charge in [0.1, 0.15) is 0 Å². The second-order valence-corrected chi connectivity index (χ2v) is 6.67. The van der Waals surface area contributed by atoms with Crippen molar-refractivity contribution in [3.05, 3.63) is 47.9 Å². The number of hydrogen-bond acceptors (Lipinski definition) is 6. The predicted octanol–water partition coefficient (Wildman–Crippen LogP) is 3.90. The molecule has 0 saturated carbocycles. The van der Waals surface area contributed by atoms with Gasteiger partial charge in [0.05, 0.1) is 12.4 Å². The maximum absolute atomic E-state index is 4.57. The van der Waals surface area contributed by atoms with Gasteiger partial charge in [0.15, 0.2) is 17.5 Å². The number of rotatable bonds is 5. The quantitative estimate of drug-likeness (QED) is 0.648. The molecule has 7 nitrogen and oxygen atoms in total. The SMILES string of the molecule is Cc1cc(Nc2cncc(Nc3ccc(C)c(N4CCCC4)c3)n2)n[nH]1. The van der Waals surface area contributed by atoms with Gasteiger partial charge in [-0.1, -0.05) is 6.07 Å². The topological polar surface area (TPSA) is 81.8 Å². The average molecular weight is 349 g/mol. The van der Waals surface area contributed by atoms with E-state index in [0.717, 1.165) is 30.3 Å². The van der Waals surface area contributed by atoms with Gasteiger partial charge in [0, 0.05) is 36.2 Å². The second kappa shape index (κ2) is 7.03. The Morgan fingerprint density at radius 3 is 2.46 bits per heavy atom. The number of nitrogens with zero attached hydrogens (tertiary/aromatic N) is 4. The lowest BCUT2D eigenvalue weighted by Crippen LogP contribution is -2.18. The van der Waals surface area contributed by atoms with Crippen LogP contribution in [0.1, 0.15) is 24.1 Å². The lowest BCUT2D eigenvalue weighted by Gasteiger charge is -2.21. The summed E-state index contributed by atoms with van der Waals surface area (Å²) >= 11 is 0. The molecular weight excluding hydrogens is 326 g/mol. The minimum atomic E-state index is 0.647. The first-order valence-electron chi connectivity index (χ1n) is 8.91. The number of hydrogen-bond donors (Lipinski definition) is 3. The molecule has 0 atom stereocenters. The van der Waals surface area contributed by atoms with Crippen molar-refractivity contribution in [1.29, 1.82) is 0 Å². The van der Waals surface area contributed by atoms with Crippen molar-refractivity contribution in [3.8, 4) is 0 Å². The van der Waals surface area contributed by atoms with Crippen LogP contribution in [-0.4, -0.2) is 33.3 Å². The molecule has 0 spiro atoms. The summed E-state index contributed by atoms with van der Waals surface area (Å²) in [6, 6.07) is 8.34. The molecule has 4 rings (SSSR count). The van der Waals surface area contributed by atoms with Gasteiger partial charge in [-0.05, 0) is 44.4 Å². The maximum Gasteiger partial charge on any atom is 0.153 e. The molecule has 3 aromatic rings. The number of aromatic amines is 1. The molecule has 0 bridgehead atoms. The summed E-state index contributed by atoms with van der Waals surface area (Å²) in [6.07, 6.45) is 5.93. The highest BCUT2D eigenvalue weighted by Crippen LogP contribution is 2.28. The van der Waals surface area contributed by atoms with E-state index in [2.05, 4.69) is 60.8 Å². The zero-order valence-corrected chi connectivity index (χ0v) is 15.1. The second-order valence-electron chi connectivity index (χ2n) is 6.67. The summed E-state index contributed by atoms with van der Waals surface area (Å²) in [4.78, 5) is 11.3. The van der Waals surface area contributed by atoms with Gasteiger partial charge < -0.3 is 15.5 Å². The molecule has 1 aliphatic heterocycles. The third kappa shape index (κ3) is 3.61. The van der Waals surface area contributed by atoms with Crippen LogP contribution in [0.15, 0.2) is 36.7 Å². The molecular formula is C19H23N7. The fraction of sp³-hybridized carbons (Fsp3) is 0.316. The van der Waals surface area contributed by atoms with Crippen LogP contribution in [0.3, 0.4) is 0 Å². The van der Waals surface area contributed by atoms with Gasteiger partial charge in [-0.3, -0.25) is 10.1 Å². The van der Waals surface area contributed by atoms with E-state index in [-0.39, 0.29) is 0 Å². The van der Waals surface area contributed by atoms with E-state index in [4.69, 9.17) is 0 Å². The van der Waals surface area contributed by atoms with Crippen LogP contribution in [0.5, 0.6) is 0 Å². The third-order valence-corrected chi connectivity index (χ3v) is 4.52. The van der Waals surface area contributed by atoms with E-state index in [1.807, 2.05) is 13.0 Å². The molecule has 0 aliphatic carbocycles. The van der Waals surface area contributed by atoms with Crippen LogP contribution in [-0.2, 0) is 0 Å². The van der Waals surface area contributed by atoms with E-state index < -0.39 is 0 Å². The number of nitrogens with one attached hydrogen (secondary N) is 3. The first kappa shape index (κ1) is 16.4. The third-order valence-electron chi connectivity index (χ3n) is 4.52. The highest BCUT2D eigenvalue weighted by atomic mass is 15.2. The van der Waals surface area contributed by atoms with Crippen LogP contribution in [0.4, 0.5) is 28.8 Å². The van der Waals surface area contributed by atoms with Crippen molar-refractivity contribution in [2.45, 2.75) is 26.7 Å². The molecule has 0 amide bonds. The van der Waals surface area contributed by atoms with Crippen molar-refractivity contribution >= 4 is 28.8 Å². The van der Waals surface area contributed by atoms with E-state index in [0.29, 0.717) is 11.6 Å². The van der Waals surface area contributed by atoms with E-state index in [1.165, 1.54) is 24.1 Å². The Bertz CT molecular complexity index is 896. The van der Waals surface area contributed by atoms with Crippen molar-refractivity contribution in [2.75, 3.05) is 28.6 Å². The minimum absolute atomic E-state index is 0.647. The Kier molecular flexibility index (Phi) is 4.43. The largest absolute Gasteiger partial charge is 0.371 e. The molecule has 1 saturated heterocycles. The van der Waals surface area contributed by atoms with Crippen LogP contribution in [0.2, 0.25) is 0 Å². The summed E-state index contributed by atoms with van der Waals surface area (Å²) in [5.41, 5.74) is 4.60. The fourth-order valence-corrected chi connectivity index (χ4v) is 3.23. The highest BCUT2D eigenvalue weighted by molar-refractivity contribution is 5.67. The monoisotopic (exact) mass is 349 g/mol. The van der Waals surface area contributed by atoms with Crippen molar-refractivity contribution in [1.82, 2.24) is 20.2 Å². The molecule has 1 aliphatic rings. The predicted molar refractivity (Wildman–Crippen MR) is 105 cm³/mol. The Labute approximate surface area is 152 Å². The molecule has 134 valence electrons. The Hall–Kier alpha value is -3.09. The Morgan fingerprint density at radius 2 is 1.73 bits per heavy atom. The molecule has 0 radical (unpaired) electrons. The molecule has 3 heterocycles. The maximum atomic E-state index is 4.57. The molecule has 3 N–H and O–H groups in total. The van der Waals surface area contributed by atoms with Crippen LogP contribution in [0.25, 0.3) is 0 Å². The molecule has 1 aromatic carbocycles. The number of aryl methyl sites for hydroxylation is 2. The summed E-state index contributed by atoms with van der Waals surface area (Å²) < 4.78 is 0. The van der Waals surface area contributed by atoms with Gasteiger partial charge in [-0.15, -0.1) is 0 Å². The van der Waals surface area contributed by atoms with Gasteiger partial charge in [-0.25, -0.2) is 4.98 Å². The number of aromatic nitrogens is 4. The van der Waals surface area contributed by atoms with E-state index in [1.54, 1.807) is 12.4 Å². The van der Waals surface area contributed by atoms with Crippen LogP contribution < -0.4 is 15.5 Å². The minimum Gasteiger partial charge on any atom is -0.371 e. The van der Waals surface area contributed by atoms with Crippen LogP contribution >= 0.6 is 0 Å². The molecule has 7 heteroatoms. The lowest BCUT2D eigenvalue weighted by molar-refractivity contribution is 0.949. The van der Waals surface area contributed by atoms with E-state index >= 15 is 0 Å². The van der Waals surface area contributed by atoms with Gasteiger partial charge in [-0.2, -0.15) is 5.10 Å². The first-order valence-corrected chi connectivity index (χ1v) is 8.91. The standard InChI is InChI=1S/C19H23N7/c1-13-5-6-15(10-16(13)26-7-3-4-8-26)21-18-11-20-12-19(23-18)22-17-9-14(2)24-25-17/h5-6,9-12H,3-4,7-8H2,1-2H3,(H3,21,22,23,24,25). The molecule has 26 heavy (non-hydrogen) atoms. The Morgan fingerprint density at radius 1 is 0.962 bits per heavy atom. The smallest absolute Gasteiger partial charge is 0.153 e. The summed E-state index contributed by atoms with van der Waals surface area (Å²) in [5, 5.41) is 13.6. The first-order chi connectivity index (χ1) is 12.7. The normalized spacial score (nSPS) is 13.8. The zero-order valence-electron chi connectivity index (χ0n) is 15.1. The summed E-state index contributed by atoms with van der Waals surface area (Å²) in [6.45, 7) is 6.38. The fourth-order valence-electron chi connectivity index (χ4n) is 3.23. The van der Waals surface area contributed by atoms with E-state index in [9.17, 15) is 0 Å². The van der Waals surface area contributed by atoms with Gasteiger partial charge in [0.2, 0.25) is 0 Å². The zero-order chi connectivity index (χ0) is 17.9. The molecule has 0 unspecified atom stereocenters. The Balaban J connectivity index is 1.52. The van der Waals surface area contributed by atoms with Gasteiger partial charge in [0.25, 0.3) is 0 Å². The molecule has 2 aromatic heterocycles. The molecule has 1 fully saturated rings. The van der Waals surface area contributed by atoms with Crippen LogP contribution in [0, 0.1) is 13.8 Å². The lowest BCUT2D eigenvalue weighted by atomic mass is 10.1. The highest BCUT2D eigenvalue weighted by Gasteiger charge is 2.15. The van der Waals surface area contributed by atoms with Gasteiger partial charge >= 0.3 is 0 Å². The summed E-state index contributed by atoms with van der Waals surface area (Å²) in [5.74, 6) is 2.06. The van der Waals surface area contributed by atoms with Crippen molar-refractivity contribution < 1.29 is 0 Å². The number of anilines is 5. The summed E-state index contributed by atoms with van der Waals surface area (Å²) in [7, 11) is 0. The number of H-pyrrole nitrogens is 1.